The van der Waals surface area contributed by atoms with Crippen molar-refractivity contribution in [3.05, 3.63) is 107 Å². The molecule has 30 heavy (non-hydrogen) atoms. The van der Waals surface area contributed by atoms with Crippen LogP contribution in [-0.4, -0.2) is 14.5 Å². The largest absolute Gasteiger partial charge is 0.311 e. The van der Waals surface area contributed by atoms with Crippen LogP contribution in [0.1, 0.15) is 24.1 Å². The highest BCUT2D eigenvalue weighted by Gasteiger charge is 2.41. The van der Waals surface area contributed by atoms with Crippen LogP contribution in [0.2, 0.25) is 0 Å². The lowest BCUT2D eigenvalue weighted by Crippen LogP contribution is -2.19. The van der Waals surface area contributed by atoms with Crippen molar-refractivity contribution in [1.82, 2.24) is 14.5 Å². The van der Waals surface area contributed by atoms with Crippen LogP contribution in [0.25, 0.3) is 32.8 Å². The topological polar surface area (TPSA) is 47.8 Å². The van der Waals surface area contributed by atoms with Crippen LogP contribution in [0, 0.1) is 0 Å². The number of nitrogens with zero attached hydrogens (tertiary/aromatic N) is 3. The molecular formula is C26H19N3O. The quantitative estimate of drug-likeness (QED) is 0.418. The molecule has 1 fully saturated rings. The molecule has 1 saturated carbocycles. The molecule has 3 heterocycles. The van der Waals surface area contributed by atoms with Gasteiger partial charge in [-0.15, -0.1) is 0 Å². The Morgan fingerprint density at radius 3 is 2.57 bits per heavy atom. The smallest absolute Gasteiger partial charge is 0.259 e. The SMILES string of the molecule is O=c1c2c(-c3ccncc3)cccc2ccn1[C@@H]1C[C@H]1c1ccc2ccccc2n1. The van der Waals surface area contributed by atoms with Gasteiger partial charge in [0.2, 0.25) is 0 Å². The summed E-state index contributed by atoms with van der Waals surface area (Å²) in [4.78, 5) is 22.5. The number of rotatable bonds is 3. The van der Waals surface area contributed by atoms with Gasteiger partial charge in [0.25, 0.3) is 5.56 Å². The minimum absolute atomic E-state index is 0.0631. The fraction of sp³-hybridized carbons (Fsp3) is 0.115. The number of hydrogen-bond acceptors (Lipinski definition) is 3. The molecule has 0 unspecified atom stereocenters. The standard InChI is InChI=1S/C26H19N3O/c30-26-25-19(5-3-6-20(25)17-10-13-27-14-11-17)12-15-29(26)24-16-21(24)23-9-8-18-4-1-2-7-22(18)28-23/h1-15,21,24H,16H2/t21-,24+/m0/s1. The highest BCUT2D eigenvalue weighted by Crippen LogP contribution is 2.50. The Balaban J connectivity index is 1.43. The van der Waals surface area contributed by atoms with E-state index in [0.717, 1.165) is 44.9 Å². The van der Waals surface area contributed by atoms with Crippen LogP contribution in [-0.2, 0) is 0 Å². The number of hydrogen-bond donors (Lipinski definition) is 0. The molecule has 2 atom stereocenters. The molecule has 0 amide bonds. The molecule has 2 aromatic carbocycles. The summed E-state index contributed by atoms with van der Waals surface area (Å²) < 4.78 is 1.90. The molecule has 6 rings (SSSR count). The molecule has 5 aromatic rings. The minimum atomic E-state index is 0.0631. The number of fused-ring (bicyclic) bond motifs is 2. The van der Waals surface area contributed by atoms with E-state index < -0.39 is 0 Å². The summed E-state index contributed by atoms with van der Waals surface area (Å²) in [6.45, 7) is 0. The minimum Gasteiger partial charge on any atom is -0.311 e. The van der Waals surface area contributed by atoms with Crippen molar-refractivity contribution in [2.75, 3.05) is 0 Å². The normalized spacial score (nSPS) is 18.0. The average Bonchev–Trinajstić information content (AvgIpc) is 3.60. The third kappa shape index (κ3) is 2.72. The summed E-state index contributed by atoms with van der Waals surface area (Å²) in [6, 6.07) is 24.5. The van der Waals surface area contributed by atoms with Gasteiger partial charge in [-0.05, 0) is 53.3 Å². The fourth-order valence-corrected chi connectivity index (χ4v) is 4.43. The number of para-hydroxylation sites is 1. The van der Waals surface area contributed by atoms with Crippen molar-refractivity contribution >= 4 is 21.7 Å². The maximum atomic E-state index is 13.5. The van der Waals surface area contributed by atoms with E-state index in [1.165, 1.54) is 0 Å². The van der Waals surface area contributed by atoms with Crippen LogP contribution in [0.5, 0.6) is 0 Å². The van der Waals surface area contributed by atoms with E-state index in [1.807, 2.05) is 65.4 Å². The van der Waals surface area contributed by atoms with Crippen LogP contribution in [0.15, 0.2) is 96.2 Å². The maximum absolute atomic E-state index is 13.5. The second kappa shape index (κ2) is 6.63. The van der Waals surface area contributed by atoms with Crippen molar-refractivity contribution < 1.29 is 0 Å². The second-order valence-electron chi connectivity index (χ2n) is 7.87. The number of benzene rings is 2. The Bertz CT molecular complexity index is 1460. The lowest BCUT2D eigenvalue weighted by atomic mass is 10.0. The van der Waals surface area contributed by atoms with Gasteiger partial charge in [-0.3, -0.25) is 14.8 Å². The Morgan fingerprint density at radius 2 is 1.67 bits per heavy atom. The summed E-state index contributed by atoms with van der Waals surface area (Å²) in [7, 11) is 0. The molecule has 3 aromatic heterocycles. The predicted molar refractivity (Wildman–Crippen MR) is 120 cm³/mol. The van der Waals surface area contributed by atoms with Crippen molar-refractivity contribution in [1.29, 1.82) is 0 Å². The first-order valence-electron chi connectivity index (χ1n) is 10.2. The van der Waals surface area contributed by atoms with E-state index in [-0.39, 0.29) is 17.5 Å². The van der Waals surface area contributed by atoms with Crippen molar-refractivity contribution in [2.45, 2.75) is 18.4 Å². The third-order valence-corrected chi connectivity index (χ3v) is 6.06. The first-order chi connectivity index (χ1) is 14.8. The molecule has 0 aliphatic heterocycles. The molecular weight excluding hydrogens is 370 g/mol. The average molecular weight is 389 g/mol. The Kier molecular flexibility index (Phi) is 3.78. The zero-order chi connectivity index (χ0) is 20.1. The van der Waals surface area contributed by atoms with Gasteiger partial charge in [0.15, 0.2) is 0 Å². The zero-order valence-corrected chi connectivity index (χ0v) is 16.3. The van der Waals surface area contributed by atoms with E-state index in [2.05, 4.69) is 23.2 Å². The lowest BCUT2D eigenvalue weighted by molar-refractivity contribution is 0.688. The van der Waals surface area contributed by atoms with Crippen molar-refractivity contribution in [3.8, 4) is 11.1 Å². The van der Waals surface area contributed by atoms with Gasteiger partial charge < -0.3 is 4.57 Å². The monoisotopic (exact) mass is 389 g/mol. The summed E-state index contributed by atoms with van der Waals surface area (Å²) in [6.07, 6.45) is 6.40. The Labute approximate surface area is 173 Å². The second-order valence-corrected chi connectivity index (χ2v) is 7.87. The van der Waals surface area contributed by atoms with Crippen LogP contribution in [0.4, 0.5) is 0 Å². The van der Waals surface area contributed by atoms with Crippen LogP contribution < -0.4 is 5.56 Å². The first-order valence-corrected chi connectivity index (χ1v) is 10.2. The van der Waals surface area contributed by atoms with Gasteiger partial charge in [0, 0.05) is 41.6 Å². The van der Waals surface area contributed by atoms with Gasteiger partial charge in [-0.25, -0.2) is 0 Å². The van der Waals surface area contributed by atoms with Gasteiger partial charge in [0.1, 0.15) is 0 Å². The summed E-state index contributed by atoms with van der Waals surface area (Å²) in [5.74, 6) is 0.276. The van der Waals surface area contributed by atoms with Gasteiger partial charge >= 0.3 is 0 Å². The highest BCUT2D eigenvalue weighted by atomic mass is 16.1. The molecule has 0 spiro atoms. The third-order valence-electron chi connectivity index (χ3n) is 6.06. The molecule has 1 aliphatic rings. The van der Waals surface area contributed by atoms with E-state index in [9.17, 15) is 4.79 Å². The van der Waals surface area contributed by atoms with Gasteiger partial charge in [-0.1, -0.05) is 42.5 Å². The molecule has 4 nitrogen and oxygen atoms in total. The van der Waals surface area contributed by atoms with Crippen molar-refractivity contribution in [3.63, 3.8) is 0 Å². The zero-order valence-electron chi connectivity index (χ0n) is 16.3. The molecule has 0 saturated heterocycles. The van der Waals surface area contributed by atoms with E-state index in [0.29, 0.717) is 0 Å². The van der Waals surface area contributed by atoms with Gasteiger partial charge in [0.05, 0.1) is 10.9 Å². The Hall–Kier alpha value is -3.79. The number of pyridine rings is 3. The molecule has 144 valence electrons. The Morgan fingerprint density at radius 1 is 0.833 bits per heavy atom. The van der Waals surface area contributed by atoms with E-state index in [4.69, 9.17) is 4.98 Å². The number of aromatic nitrogens is 3. The molecule has 0 N–H and O–H groups in total. The maximum Gasteiger partial charge on any atom is 0.259 e. The molecule has 1 aliphatic carbocycles. The summed E-state index contributed by atoms with van der Waals surface area (Å²) in [5, 5.41) is 2.87. The highest BCUT2D eigenvalue weighted by molar-refractivity contribution is 5.95. The predicted octanol–water partition coefficient (Wildman–Crippen LogP) is 5.34. The molecule has 0 radical (unpaired) electrons. The van der Waals surface area contributed by atoms with Crippen LogP contribution >= 0.6 is 0 Å². The summed E-state index contributed by atoms with van der Waals surface area (Å²) >= 11 is 0. The summed E-state index contributed by atoms with van der Waals surface area (Å²) in [5.41, 5.74) is 4.09. The fourth-order valence-electron chi connectivity index (χ4n) is 4.43. The molecule has 4 heteroatoms. The molecule has 0 bridgehead atoms. The van der Waals surface area contributed by atoms with E-state index in [1.54, 1.807) is 12.4 Å². The van der Waals surface area contributed by atoms with E-state index >= 15 is 0 Å². The first kappa shape index (κ1) is 17.1. The lowest BCUT2D eigenvalue weighted by Gasteiger charge is -2.11. The van der Waals surface area contributed by atoms with Crippen molar-refractivity contribution in [2.24, 2.45) is 0 Å². The van der Waals surface area contributed by atoms with Gasteiger partial charge in [-0.2, -0.15) is 0 Å². The van der Waals surface area contributed by atoms with Crippen LogP contribution in [0.3, 0.4) is 0 Å².